The number of methoxy groups -OCH3 is 1. The number of fused-ring (bicyclic) bond motifs is 1. The number of alkyl halides is 3. The minimum atomic E-state index is -4.35. The monoisotopic (exact) mass is 673 g/mol. The Morgan fingerprint density at radius 2 is 1.79 bits per heavy atom. The normalized spacial score (nSPS) is 17.3. The third-order valence-corrected chi connectivity index (χ3v) is 9.40. The molecule has 2 aliphatic heterocycles. The second-order valence-electron chi connectivity index (χ2n) is 11.8. The number of ether oxygens (including phenoxy) is 2. The maximum Gasteiger partial charge on any atom is 0.406 e. The molecule has 3 aliphatic rings. The summed E-state index contributed by atoms with van der Waals surface area (Å²) in [5.41, 5.74) is 2.85. The number of hydrogen-bond acceptors (Lipinski definition) is 7. The van der Waals surface area contributed by atoms with Crippen LogP contribution in [0.3, 0.4) is 0 Å². The molecule has 0 unspecified atom stereocenters. The highest BCUT2D eigenvalue weighted by atomic mass is 32.2. The van der Waals surface area contributed by atoms with E-state index in [4.69, 9.17) is 9.47 Å². The molecule has 1 spiro atoms. The number of anilines is 2. The van der Waals surface area contributed by atoms with Crippen molar-refractivity contribution in [2.45, 2.75) is 94.5 Å². The molecule has 0 bridgehead atoms. The van der Waals surface area contributed by atoms with Crippen LogP contribution >= 0.6 is 11.9 Å². The molecular weight excluding hydrogens is 623 g/mol. The number of halogens is 3. The van der Waals surface area contributed by atoms with E-state index in [1.54, 1.807) is 25.3 Å². The van der Waals surface area contributed by atoms with Gasteiger partial charge in [0.2, 0.25) is 0 Å². The van der Waals surface area contributed by atoms with Crippen molar-refractivity contribution in [1.82, 2.24) is 14.6 Å². The van der Waals surface area contributed by atoms with E-state index in [2.05, 4.69) is 32.5 Å². The van der Waals surface area contributed by atoms with Gasteiger partial charge in [-0.25, -0.2) is 0 Å². The molecule has 4 N–H and O–H groups in total. The summed E-state index contributed by atoms with van der Waals surface area (Å²) in [6.07, 6.45) is 5.15. The highest BCUT2D eigenvalue weighted by molar-refractivity contribution is 7.97. The third kappa shape index (κ3) is 10.5. The van der Waals surface area contributed by atoms with Crippen LogP contribution in [0.5, 0.6) is 5.75 Å². The predicted molar refractivity (Wildman–Crippen MR) is 189 cm³/mol. The molecule has 2 aromatic carbocycles. The molecule has 6 rings (SSSR count). The largest absolute Gasteiger partial charge is 0.495 e. The molecular formula is C36H50F3N5O2S. The summed E-state index contributed by atoms with van der Waals surface area (Å²) in [5, 5.41) is 10.9. The first-order valence-electron chi connectivity index (χ1n) is 16.8. The number of benzene rings is 2. The summed E-state index contributed by atoms with van der Waals surface area (Å²) in [5.74, 6) is 6.62. The lowest BCUT2D eigenvalue weighted by Crippen LogP contribution is -2.51. The Kier molecular flexibility index (Phi) is 14.0. The molecule has 0 amide bonds. The van der Waals surface area contributed by atoms with Crippen LogP contribution in [0.2, 0.25) is 0 Å². The van der Waals surface area contributed by atoms with Crippen LogP contribution in [-0.4, -0.2) is 62.8 Å². The maximum absolute atomic E-state index is 13.5. The highest BCUT2D eigenvalue weighted by Gasteiger charge is 2.38. The lowest BCUT2D eigenvalue weighted by Gasteiger charge is -2.44. The lowest BCUT2D eigenvalue weighted by molar-refractivity contribution is -0.160. The SMILES string of the molecule is C1CC2(CCN1)CCO2.CC.CNSc1ccc(NCC#Cc2cc3c(NC4CCCCC4)cccc3n2CC(F)(F)F)c(OC)c1. The molecule has 2 saturated heterocycles. The standard InChI is InChI=1S/C27H31F3N4OS.C7H13NO.C2H6/c1-31-36-21-13-14-24(26(17-21)35-2)32-15-7-10-20-16-22-23(33-19-8-4-3-5-9-19)11-6-12-25(22)34(20)18-27(28,29)30;1-4-8-5-2-7(1)3-6-9-7;1-2/h6,11-14,16-17,19,31-33H,3-5,8-9,15,18H2,1-2H3;8H,1-6H2;1-2H3. The van der Waals surface area contributed by atoms with Crippen molar-refractivity contribution in [2.75, 3.05) is 51.0 Å². The fraction of sp³-hybridized carbons (Fsp3) is 0.556. The first kappa shape index (κ1) is 36.8. The van der Waals surface area contributed by atoms with Crippen LogP contribution in [-0.2, 0) is 11.3 Å². The van der Waals surface area contributed by atoms with E-state index in [-0.39, 0.29) is 6.54 Å². The molecule has 11 heteroatoms. The first-order chi connectivity index (χ1) is 22.8. The molecule has 1 aromatic heterocycles. The second kappa shape index (κ2) is 17.9. The summed E-state index contributed by atoms with van der Waals surface area (Å²) in [7, 11) is 3.43. The summed E-state index contributed by atoms with van der Waals surface area (Å²) in [6.45, 7) is 6.48. The van der Waals surface area contributed by atoms with E-state index in [1.807, 2.05) is 45.2 Å². The van der Waals surface area contributed by atoms with Gasteiger partial charge >= 0.3 is 6.18 Å². The Hall–Kier alpha value is -3.04. The van der Waals surface area contributed by atoms with Crippen LogP contribution in [0.25, 0.3) is 10.9 Å². The fourth-order valence-electron chi connectivity index (χ4n) is 6.27. The van der Waals surface area contributed by atoms with Gasteiger partial charge in [-0.1, -0.05) is 45.1 Å². The van der Waals surface area contributed by atoms with Gasteiger partial charge < -0.3 is 30.0 Å². The minimum absolute atomic E-state index is 0.260. The number of aromatic nitrogens is 1. The van der Waals surface area contributed by atoms with E-state index in [0.29, 0.717) is 28.6 Å². The maximum atomic E-state index is 13.5. The first-order valence-corrected chi connectivity index (χ1v) is 17.7. The van der Waals surface area contributed by atoms with Crippen LogP contribution in [0, 0.1) is 11.8 Å². The van der Waals surface area contributed by atoms with Gasteiger partial charge in [-0.05, 0) is 107 Å². The molecule has 1 aliphatic carbocycles. The Balaban J connectivity index is 0.000000383. The molecule has 3 heterocycles. The van der Waals surface area contributed by atoms with Gasteiger partial charge in [-0.3, -0.25) is 4.72 Å². The quantitative estimate of drug-likeness (QED) is 0.142. The second-order valence-corrected chi connectivity index (χ2v) is 12.9. The molecule has 1 saturated carbocycles. The van der Waals surface area contributed by atoms with Gasteiger partial charge in [0.25, 0.3) is 0 Å². The predicted octanol–water partition coefficient (Wildman–Crippen LogP) is 8.20. The summed E-state index contributed by atoms with van der Waals surface area (Å²) < 4.78 is 55.6. The van der Waals surface area contributed by atoms with E-state index in [0.717, 1.165) is 54.2 Å². The number of piperidine rings is 1. The fourth-order valence-corrected chi connectivity index (χ4v) is 6.81. The number of hydrogen-bond donors (Lipinski definition) is 4. The van der Waals surface area contributed by atoms with Crippen molar-refractivity contribution in [3.63, 3.8) is 0 Å². The van der Waals surface area contributed by atoms with Crippen LogP contribution in [0.4, 0.5) is 24.5 Å². The number of nitrogens with one attached hydrogen (secondary N) is 4. The highest BCUT2D eigenvalue weighted by Crippen LogP contribution is 2.35. The topological polar surface area (TPSA) is 71.5 Å². The molecule has 47 heavy (non-hydrogen) atoms. The van der Waals surface area contributed by atoms with Crippen molar-refractivity contribution >= 4 is 34.2 Å². The van der Waals surface area contributed by atoms with Crippen LogP contribution in [0.1, 0.15) is 70.9 Å². The van der Waals surface area contributed by atoms with Gasteiger partial charge in [0.1, 0.15) is 12.3 Å². The van der Waals surface area contributed by atoms with Gasteiger partial charge in [0.15, 0.2) is 0 Å². The van der Waals surface area contributed by atoms with Crippen molar-refractivity contribution in [3.05, 3.63) is 48.2 Å². The number of nitrogens with zero attached hydrogens (tertiary/aromatic N) is 1. The number of rotatable bonds is 8. The van der Waals surface area contributed by atoms with Gasteiger partial charge in [0.05, 0.1) is 42.8 Å². The summed E-state index contributed by atoms with van der Waals surface area (Å²) >= 11 is 1.47. The molecule has 7 nitrogen and oxygen atoms in total. The zero-order chi connectivity index (χ0) is 33.7. The van der Waals surface area contributed by atoms with Crippen molar-refractivity contribution < 1.29 is 22.6 Å². The Morgan fingerprint density at radius 1 is 1.04 bits per heavy atom. The Bertz CT molecular complexity index is 1460. The minimum Gasteiger partial charge on any atom is -0.495 e. The summed E-state index contributed by atoms with van der Waals surface area (Å²) in [4.78, 5) is 1.00. The molecule has 0 atom stereocenters. The lowest BCUT2D eigenvalue weighted by atomic mass is 9.85. The van der Waals surface area contributed by atoms with E-state index >= 15 is 0 Å². The molecule has 3 fully saturated rings. The average Bonchev–Trinajstić information content (AvgIpc) is 3.41. The average molecular weight is 674 g/mol. The van der Waals surface area contributed by atoms with Gasteiger partial charge in [-0.15, -0.1) is 0 Å². The van der Waals surface area contributed by atoms with E-state index < -0.39 is 12.7 Å². The molecule has 0 radical (unpaired) electrons. The Labute approximate surface area is 282 Å². The van der Waals surface area contributed by atoms with E-state index in [9.17, 15) is 13.2 Å². The Morgan fingerprint density at radius 3 is 2.40 bits per heavy atom. The van der Waals surface area contributed by atoms with Gasteiger partial charge in [0, 0.05) is 22.0 Å². The van der Waals surface area contributed by atoms with Crippen molar-refractivity contribution in [3.8, 4) is 17.6 Å². The zero-order valence-corrected chi connectivity index (χ0v) is 28.9. The summed E-state index contributed by atoms with van der Waals surface area (Å²) in [6, 6.07) is 13.3. The third-order valence-electron chi connectivity index (χ3n) is 8.71. The van der Waals surface area contributed by atoms with Gasteiger partial charge in [-0.2, -0.15) is 13.2 Å². The molecule has 3 aromatic rings. The smallest absolute Gasteiger partial charge is 0.406 e. The van der Waals surface area contributed by atoms with Crippen molar-refractivity contribution in [2.24, 2.45) is 0 Å². The molecule has 258 valence electrons. The zero-order valence-electron chi connectivity index (χ0n) is 28.1. The van der Waals surface area contributed by atoms with E-state index in [1.165, 1.54) is 55.0 Å². The van der Waals surface area contributed by atoms with Crippen LogP contribution < -0.4 is 25.4 Å². The van der Waals surface area contributed by atoms with Crippen LogP contribution in [0.15, 0.2) is 47.4 Å². The van der Waals surface area contributed by atoms with Crippen molar-refractivity contribution in [1.29, 1.82) is 0 Å².